The number of hydrogen-bond donors (Lipinski definition) is 0. The average Bonchev–Trinajstić information content (AvgIpc) is 2.61. The molecular formula is C19H22O4. The molecule has 2 aromatic carbocycles. The van der Waals surface area contributed by atoms with Crippen molar-refractivity contribution in [2.75, 3.05) is 13.7 Å². The van der Waals surface area contributed by atoms with Gasteiger partial charge >= 0.3 is 0 Å². The van der Waals surface area contributed by atoms with Gasteiger partial charge < -0.3 is 19.0 Å². The van der Waals surface area contributed by atoms with Crippen LogP contribution in [0.25, 0.3) is 10.8 Å². The second-order valence-electron chi connectivity index (χ2n) is 5.73. The molecule has 0 N–H and O–H groups in total. The lowest BCUT2D eigenvalue weighted by Crippen LogP contribution is -2.25. The van der Waals surface area contributed by atoms with Crippen LogP contribution in [0.15, 0.2) is 30.3 Å². The third kappa shape index (κ3) is 3.48. The largest absolute Gasteiger partial charge is 0.496 e. The molecule has 1 atom stereocenters. The van der Waals surface area contributed by atoms with Gasteiger partial charge in [0.1, 0.15) is 17.8 Å². The summed E-state index contributed by atoms with van der Waals surface area (Å²) in [6.07, 6.45) is 4.91. The summed E-state index contributed by atoms with van der Waals surface area (Å²) in [6, 6.07) is 9.99. The van der Waals surface area contributed by atoms with Gasteiger partial charge in [0.2, 0.25) is 0 Å². The lowest BCUT2D eigenvalue weighted by Gasteiger charge is -2.26. The molecule has 1 fully saturated rings. The van der Waals surface area contributed by atoms with E-state index in [9.17, 15) is 4.79 Å². The molecule has 1 heterocycles. The molecule has 3 rings (SSSR count). The molecule has 122 valence electrons. The van der Waals surface area contributed by atoms with E-state index in [1.54, 1.807) is 7.11 Å². The minimum Gasteiger partial charge on any atom is -0.496 e. The lowest BCUT2D eigenvalue weighted by atomic mass is 10.0. The Morgan fingerprint density at radius 2 is 2.09 bits per heavy atom. The van der Waals surface area contributed by atoms with Crippen molar-refractivity contribution >= 4 is 17.1 Å². The van der Waals surface area contributed by atoms with Crippen LogP contribution in [0.4, 0.5) is 0 Å². The van der Waals surface area contributed by atoms with Crippen molar-refractivity contribution in [2.45, 2.75) is 38.4 Å². The van der Waals surface area contributed by atoms with Gasteiger partial charge in [-0.1, -0.05) is 24.3 Å². The van der Waals surface area contributed by atoms with Crippen LogP contribution in [-0.4, -0.2) is 26.3 Å². The molecule has 0 saturated carbocycles. The first-order chi connectivity index (χ1) is 11.3. The smallest absolute Gasteiger partial charge is 0.199 e. The number of benzene rings is 2. The second kappa shape index (κ2) is 7.47. The number of fused-ring (bicyclic) bond motifs is 1. The van der Waals surface area contributed by atoms with E-state index in [0.717, 1.165) is 60.0 Å². The molecular weight excluding hydrogens is 292 g/mol. The van der Waals surface area contributed by atoms with Crippen molar-refractivity contribution in [3.63, 3.8) is 0 Å². The number of rotatable bonds is 6. The van der Waals surface area contributed by atoms with Crippen LogP contribution in [0.3, 0.4) is 0 Å². The number of carbonyl (C=O) groups excluding carboxylic acids is 1. The SMILES string of the molecule is COc1cc(CCC=O)c(OC2CCCCO2)c2ccccc12. The Labute approximate surface area is 136 Å². The summed E-state index contributed by atoms with van der Waals surface area (Å²) in [5.74, 6) is 1.62. The van der Waals surface area contributed by atoms with Gasteiger partial charge in [-0.15, -0.1) is 0 Å². The number of carbonyl (C=O) groups is 1. The maximum atomic E-state index is 10.8. The van der Waals surface area contributed by atoms with Crippen molar-refractivity contribution in [2.24, 2.45) is 0 Å². The Kier molecular flexibility index (Phi) is 5.13. The van der Waals surface area contributed by atoms with E-state index in [1.807, 2.05) is 30.3 Å². The van der Waals surface area contributed by atoms with E-state index >= 15 is 0 Å². The molecule has 0 aliphatic carbocycles. The van der Waals surface area contributed by atoms with E-state index in [0.29, 0.717) is 12.8 Å². The van der Waals surface area contributed by atoms with E-state index in [2.05, 4.69) is 0 Å². The monoisotopic (exact) mass is 314 g/mol. The molecule has 1 aliphatic heterocycles. The lowest BCUT2D eigenvalue weighted by molar-refractivity contribution is -0.107. The van der Waals surface area contributed by atoms with Gasteiger partial charge in [-0.05, 0) is 30.9 Å². The maximum absolute atomic E-state index is 10.8. The summed E-state index contributed by atoms with van der Waals surface area (Å²) in [4.78, 5) is 10.8. The summed E-state index contributed by atoms with van der Waals surface area (Å²) in [5.41, 5.74) is 0.988. The van der Waals surface area contributed by atoms with Crippen molar-refractivity contribution in [3.05, 3.63) is 35.9 Å². The van der Waals surface area contributed by atoms with Gasteiger partial charge in [0.05, 0.1) is 13.7 Å². The van der Waals surface area contributed by atoms with Crippen LogP contribution in [0.2, 0.25) is 0 Å². The zero-order valence-corrected chi connectivity index (χ0v) is 13.4. The van der Waals surface area contributed by atoms with Gasteiger partial charge in [-0.2, -0.15) is 0 Å². The molecule has 1 saturated heterocycles. The van der Waals surface area contributed by atoms with Crippen molar-refractivity contribution < 1.29 is 19.0 Å². The molecule has 23 heavy (non-hydrogen) atoms. The first kappa shape index (κ1) is 15.8. The molecule has 1 unspecified atom stereocenters. The van der Waals surface area contributed by atoms with Crippen LogP contribution in [-0.2, 0) is 16.0 Å². The summed E-state index contributed by atoms with van der Waals surface area (Å²) in [6.45, 7) is 0.739. The Hall–Kier alpha value is -2.07. The Morgan fingerprint density at radius 1 is 1.26 bits per heavy atom. The Balaban J connectivity index is 2.05. The molecule has 2 aromatic rings. The number of aldehydes is 1. The van der Waals surface area contributed by atoms with E-state index < -0.39 is 0 Å². The van der Waals surface area contributed by atoms with E-state index in [1.165, 1.54) is 0 Å². The molecule has 0 bridgehead atoms. The standard InChI is InChI=1S/C19H22O4/c1-21-17-13-14(7-6-11-20)19(16-9-3-2-8-15(16)17)23-18-10-4-5-12-22-18/h2-3,8-9,11,13,18H,4-7,10,12H2,1H3. The zero-order valence-electron chi connectivity index (χ0n) is 13.4. The number of aryl methyl sites for hydroxylation is 1. The van der Waals surface area contributed by atoms with Crippen LogP contribution in [0, 0.1) is 0 Å². The van der Waals surface area contributed by atoms with Gasteiger partial charge in [-0.3, -0.25) is 0 Å². The summed E-state index contributed by atoms with van der Waals surface area (Å²) in [7, 11) is 1.66. The highest BCUT2D eigenvalue weighted by Gasteiger charge is 2.20. The van der Waals surface area contributed by atoms with Crippen LogP contribution in [0.5, 0.6) is 11.5 Å². The highest BCUT2D eigenvalue weighted by atomic mass is 16.7. The van der Waals surface area contributed by atoms with E-state index in [-0.39, 0.29) is 6.29 Å². The van der Waals surface area contributed by atoms with Gasteiger partial charge in [0.25, 0.3) is 0 Å². The fraction of sp³-hybridized carbons (Fsp3) is 0.421. The normalized spacial score (nSPS) is 17.9. The van der Waals surface area contributed by atoms with Crippen LogP contribution >= 0.6 is 0 Å². The van der Waals surface area contributed by atoms with Crippen LogP contribution in [0.1, 0.15) is 31.2 Å². The quantitative estimate of drug-likeness (QED) is 0.759. The van der Waals surface area contributed by atoms with Gasteiger partial charge in [-0.25, -0.2) is 0 Å². The fourth-order valence-electron chi connectivity index (χ4n) is 3.01. The summed E-state index contributed by atoms with van der Waals surface area (Å²) >= 11 is 0. The van der Waals surface area contributed by atoms with Crippen molar-refractivity contribution in [1.82, 2.24) is 0 Å². The predicted molar refractivity (Wildman–Crippen MR) is 89.1 cm³/mol. The second-order valence-corrected chi connectivity index (χ2v) is 5.73. The third-order valence-corrected chi connectivity index (χ3v) is 4.17. The fourth-order valence-corrected chi connectivity index (χ4v) is 3.01. The Bertz CT molecular complexity index is 674. The van der Waals surface area contributed by atoms with Crippen molar-refractivity contribution in [1.29, 1.82) is 0 Å². The molecule has 0 spiro atoms. The average molecular weight is 314 g/mol. The molecule has 4 heteroatoms. The number of ether oxygens (including phenoxy) is 3. The zero-order chi connectivity index (χ0) is 16.1. The Morgan fingerprint density at radius 3 is 2.78 bits per heavy atom. The van der Waals surface area contributed by atoms with Crippen molar-refractivity contribution in [3.8, 4) is 11.5 Å². The van der Waals surface area contributed by atoms with Gasteiger partial charge in [0.15, 0.2) is 6.29 Å². The number of hydrogen-bond acceptors (Lipinski definition) is 4. The highest BCUT2D eigenvalue weighted by molar-refractivity contribution is 5.94. The molecule has 4 nitrogen and oxygen atoms in total. The van der Waals surface area contributed by atoms with Crippen LogP contribution < -0.4 is 9.47 Å². The predicted octanol–water partition coefficient (Wildman–Crippen LogP) is 3.89. The maximum Gasteiger partial charge on any atom is 0.199 e. The van der Waals surface area contributed by atoms with Gasteiger partial charge in [0, 0.05) is 23.6 Å². The number of methoxy groups -OCH3 is 1. The molecule has 1 aliphatic rings. The topological polar surface area (TPSA) is 44.8 Å². The highest BCUT2D eigenvalue weighted by Crippen LogP contribution is 2.38. The molecule has 0 radical (unpaired) electrons. The minimum atomic E-state index is -0.212. The first-order valence-corrected chi connectivity index (χ1v) is 8.14. The molecule has 0 amide bonds. The van der Waals surface area contributed by atoms with E-state index in [4.69, 9.17) is 14.2 Å². The summed E-state index contributed by atoms with van der Waals surface area (Å²) in [5, 5.41) is 2.01. The molecule has 0 aromatic heterocycles. The summed E-state index contributed by atoms with van der Waals surface area (Å²) < 4.78 is 17.4. The third-order valence-electron chi connectivity index (χ3n) is 4.17. The first-order valence-electron chi connectivity index (χ1n) is 8.14. The minimum absolute atomic E-state index is 0.212.